The van der Waals surface area contributed by atoms with Crippen molar-refractivity contribution < 1.29 is 13.2 Å². The number of thioether (sulfide) groups is 1. The molecule has 8 heteroatoms. The van der Waals surface area contributed by atoms with E-state index in [0.29, 0.717) is 30.3 Å². The largest absolute Gasteiger partial charge is 0.321 e. The van der Waals surface area contributed by atoms with Crippen molar-refractivity contribution in [3.05, 3.63) is 48.2 Å². The van der Waals surface area contributed by atoms with Crippen LogP contribution < -0.4 is 5.32 Å². The number of anilines is 1. The van der Waals surface area contributed by atoms with E-state index in [9.17, 15) is 13.2 Å². The van der Waals surface area contributed by atoms with Crippen molar-refractivity contribution in [2.45, 2.75) is 29.7 Å². The zero-order chi connectivity index (χ0) is 19.4. The number of pyridine rings is 1. The van der Waals surface area contributed by atoms with E-state index in [4.69, 9.17) is 0 Å². The van der Waals surface area contributed by atoms with Crippen molar-refractivity contribution in [2.24, 2.45) is 5.92 Å². The lowest BCUT2D eigenvalue weighted by Gasteiger charge is -2.29. The minimum absolute atomic E-state index is 0.222. The molecule has 6 nitrogen and oxygen atoms in total. The fourth-order valence-electron chi connectivity index (χ4n) is 2.93. The van der Waals surface area contributed by atoms with Crippen molar-refractivity contribution >= 4 is 33.4 Å². The predicted octanol–water partition coefficient (Wildman–Crippen LogP) is 3.48. The summed E-state index contributed by atoms with van der Waals surface area (Å²) >= 11 is 1.52. The van der Waals surface area contributed by atoms with Gasteiger partial charge in [0, 0.05) is 18.7 Å². The first-order valence-electron chi connectivity index (χ1n) is 8.82. The van der Waals surface area contributed by atoms with Crippen LogP contribution in [-0.2, 0) is 10.0 Å². The van der Waals surface area contributed by atoms with Crippen LogP contribution >= 0.6 is 11.8 Å². The number of carbonyl (C=O) groups excluding carboxylic acids is 1. The van der Waals surface area contributed by atoms with Crippen LogP contribution in [0, 0.1) is 5.92 Å². The molecule has 0 spiro atoms. The molecule has 0 atom stereocenters. The summed E-state index contributed by atoms with van der Waals surface area (Å²) in [7, 11) is -3.51. The molecular formula is C19H23N3O3S2. The number of nitrogens with one attached hydrogen (secondary N) is 1. The van der Waals surface area contributed by atoms with Crippen LogP contribution in [0.2, 0.25) is 0 Å². The van der Waals surface area contributed by atoms with Crippen molar-refractivity contribution in [2.75, 3.05) is 24.7 Å². The molecule has 1 saturated heterocycles. The van der Waals surface area contributed by atoms with Gasteiger partial charge in [-0.05, 0) is 61.4 Å². The Morgan fingerprint density at radius 2 is 1.81 bits per heavy atom. The molecule has 0 unspecified atom stereocenters. The van der Waals surface area contributed by atoms with E-state index in [1.165, 1.54) is 28.2 Å². The maximum absolute atomic E-state index is 12.7. The van der Waals surface area contributed by atoms with Crippen LogP contribution in [0.15, 0.2) is 52.5 Å². The normalized spacial score (nSPS) is 16.2. The van der Waals surface area contributed by atoms with Gasteiger partial charge in [-0.25, -0.2) is 13.4 Å². The first-order valence-corrected chi connectivity index (χ1v) is 11.5. The number of piperidine rings is 1. The van der Waals surface area contributed by atoms with Gasteiger partial charge in [0.05, 0.1) is 21.8 Å². The van der Waals surface area contributed by atoms with Crippen LogP contribution in [0.3, 0.4) is 0 Å². The van der Waals surface area contributed by atoms with E-state index in [1.54, 1.807) is 24.4 Å². The molecule has 1 N–H and O–H groups in total. The third-order valence-corrected chi connectivity index (χ3v) is 7.27. The van der Waals surface area contributed by atoms with Crippen molar-refractivity contribution in [1.29, 1.82) is 0 Å². The van der Waals surface area contributed by atoms with Crippen LogP contribution in [0.25, 0.3) is 0 Å². The molecule has 1 amide bonds. The van der Waals surface area contributed by atoms with Crippen LogP contribution in [0.4, 0.5) is 5.69 Å². The molecule has 1 aromatic heterocycles. The van der Waals surface area contributed by atoms with Gasteiger partial charge in [0.1, 0.15) is 0 Å². The standard InChI is InChI=1S/C19H23N3O3S2/c1-14-9-11-22(12-10-14)27(24,25)17-6-3-15(4-7-17)19(23)21-16-5-8-18(26-2)20-13-16/h3-8,13-14H,9-12H2,1-2H3,(H,21,23). The number of rotatable bonds is 5. The average Bonchev–Trinajstić information content (AvgIpc) is 2.69. The van der Waals surface area contributed by atoms with Crippen LogP contribution in [0.1, 0.15) is 30.1 Å². The molecule has 1 aliphatic rings. The number of amides is 1. The smallest absolute Gasteiger partial charge is 0.255 e. The van der Waals surface area contributed by atoms with Gasteiger partial charge in [-0.15, -0.1) is 11.8 Å². The van der Waals surface area contributed by atoms with Gasteiger partial charge in [-0.1, -0.05) is 6.92 Å². The molecule has 0 aliphatic carbocycles. The molecule has 2 aromatic rings. The Bertz CT molecular complexity index is 889. The highest BCUT2D eigenvalue weighted by Gasteiger charge is 2.28. The second-order valence-corrected chi connectivity index (χ2v) is 9.42. The van der Waals surface area contributed by atoms with Gasteiger partial charge in [-0.2, -0.15) is 4.31 Å². The van der Waals surface area contributed by atoms with E-state index >= 15 is 0 Å². The lowest BCUT2D eigenvalue weighted by molar-refractivity contribution is 0.102. The summed E-state index contributed by atoms with van der Waals surface area (Å²) in [5, 5.41) is 3.64. The Labute approximate surface area is 164 Å². The van der Waals surface area contributed by atoms with E-state index in [2.05, 4.69) is 17.2 Å². The second kappa shape index (κ2) is 8.41. The van der Waals surface area contributed by atoms with Gasteiger partial charge < -0.3 is 5.32 Å². The van der Waals surface area contributed by atoms with Gasteiger partial charge in [0.25, 0.3) is 5.91 Å². The Hall–Kier alpha value is -1.90. The van der Waals surface area contributed by atoms with E-state index < -0.39 is 10.0 Å². The molecule has 0 bridgehead atoms. The van der Waals surface area contributed by atoms with E-state index in [0.717, 1.165) is 17.9 Å². The van der Waals surface area contributed by atoms with Crippen molar-refractivity contribution in [1.82, 2.24) is 9.29 Å². The molecule has 3 rings (SSSR count). The molecule has 0 saturated carbocycles. The van der Waals surface area contributed by atoms with Gasteiger partial charge in [0.15, 0.2) is 0 Å². The lowest BCUT2D eigenvalue weighted by atomic mass is 10.0. The molecule has 2 heterocycles. The molecule has 27 heavy (non-hydrogen) atoms. The first-order chi connectivity index (χ1) is 12.9. The number of aromatic nitrogens is 1. The number of carbonyl (C=O) groups is 1. The number of hydrogen-bond acceptors (Lipinski definition) is 5. The summed E-state index contributed by atoms with van der Waals surface area (Å²) in [5.74, 6) is 0.256. The summed E-state index contributed by atoms with van der Waals surface area (Å²) in [6.07, 6.45) is 5.28. The lowest BCUT2D eigenvalue weighted by Crippen LogP contribution is -2.37. The summed E-state index contributed by atoms with van der Waals surface area (Å²) in [6, 6.07) is 9.69. The Kier molecular flexibility index (Phi) is 6.18. The fourth-order valence-corrected chi connectivity index (χ4v) is 4.76. The second-order valence-electron chi connectivity index (χ2n) is 6.65. The highest BCUT2D eigenvalue weighted by Crippen LogP contribution is 2.24. The molecule has 1 aliphatic heterocycles. The Morgan fingerprint density at radius 1 is 1.15 bits per heavy atom. The van der Waals surface area contributed by atoms with Crippen molar-refractivity contribution in [3.8, 4) is 0 Å². The number of nitrogens with zero attached hydrogens (tertiary/aromatic N) is 2. The number of sulfonamides is 1. The maximum atomic E-state index is 12.7. The van der Waals surface area contributed by atoms with Gasteiger partial charge in [0.2, 0.25) is 10.0 Å². The zero-order valence-electron chi connectivity index (χ0n) is 15.4. The molecule has 1 fully saturated rings. The first kappa shape index (κ1) is 19.9. The third kappa shape index (κ3) is 4.69. The molecule has 1 aromatic carbocycles. The van der Waals surface area contributed by atoms with E-state index in [1.807, 2.05) is 12.3 Å². The maximum Gasteiger partial charge on any atom is 0.255 e. The fraction of sp³-hybridized carbons (Fsp3) is 0.368. The molecule has 0 radical (unpaired) electrons. The van der Waals surface area contributed by atoms with Crippen LogP contribution in [0.5, 0.6) is 0 Å². The number of hydrogen-bond donors (Lipinski definition) is 1. The summed E-state index contributed by atoms with van der Waals surface area (Å²) < 4.78 is 27.0. The Morgan fingerprint density at radius 3 is 2.37 bits per heavy atom. The topological polar surface area (TPSA) is 79.4 Å². The number of benzene rings is 1. The predicted molar refractivity (Wildman–Crippen MR) is 108 cm³/mol. The minimum atomic E-state index is -3.51. The zero-order valence-corrected chi connectivity index (χ0v) is 17.0. The van der Waals surface area contributed by atoms with Crippen molar-refractivity contribution in [3.63, 3.8) is 0 Å². The van der Waals surface area contributed by atoms with E-state index in [-0.39, 0.29) is 10.8 Å². The monoisotopic (exact) mass is 405 g/mol. The summed E-state index contributed by atoms with van der Waals surface area (Å²) in [4.78, 5) is 16.8. The van der Waals surface area contributed by atoms with Crippen LogP contribution in [-0.4, -0.2) is 43.0 Å². The van der Waals surface area contributed by atoms with Gasteiger partial charge in [-0.3, -0.25) is 4.79 Å². The molecular weight excluding hydrogens is 382 g/mol. The minimum Gasteiger partial charge on any atom is -0.321 e. The third-order valence-electron chi connectivity index (χ3n) is 4.70. The average molecular weight is 406 g/mol. The Balaban J connectivity index is 1.69. The highest BCUT2D eigenvalue weighted by molar-refractivity contribution is 7.98. The summed E-state index contributed by atoms with van der Waals surface area (Å²) in [5.41, 5.74) is 0.993. The van der Waals surface area contributed by atoms with Gasteiger partial charge >= 0.3 is 0 Å². The SMILES string of the molecule is CSc1ccc(NC(=O)c2ccc(S(=O)(=O)N3CCC(C)CC3)cc2)cn1. The molecule has 144 valence electrons. The highest BCUT2D eigenvalue weighted by atomic mass is 32.2. The summed E-state index contributed by atoms with van der Waals surface area (Å²) in [6.45, 7) is 3.23. The quantitative estimate of drug-likeness (QED) is 0.771.